The maximum atomic E-state index is 14.0. The average Bonchev–Trinajstić information content (AvgIpc) is 2.85. The summed E-state index contributed by atoms with van der Waals surface area (Å²) in [6, 6.07) is 17.0. The van der Waals surface area contributed by atoms with E-state index < -0.39 is 34.6 Å². The van der Waals surface area contributed by atoms with Crippen LogP contribution in [-0.2, 0) is 22.2 Å². The Morgan fingerprint density at radius 3 is 2.51 bits per heavy atom. The zero-order valence-electron chi connectivity index (χ0n) is 19.1. The Hall–Kier alpha value is -3.37. The molecule has 0 radical (unpaired) electrons. The number of benzene rings is 3. The van der Waals surface area contributed by atoms with Crippen LogP contribution < -0.4 is 5.32 Å². The molecular formula is C26H20ClF4N3O2S. The Kier molecular flexibility index (Phi) is 8.19. The van der Waals surface area contributed by atoms with Crippen molar-refractivity contribution in [3.8, 4) is 0 Å². The van der Waals surface area contributed by atoms with E-state index in [1.807, 2.05) is 0 Å². The lowest BCUT2D eigenvalue weighted by Gasteiger charge is -2.32. The third-order valence-electron chi connectivity index (χ3n) is 5.50. The fourth-order valence-electron chi connectivity index (χ4n) is 3.59. The van der Waals surface area contributed by atoms with Crippen molar-refractivity contribution in [1.29, 1.82) is 0 Å². The zero-order valence-corrected chi connectivity index (χ0v) is 20.7. The normalized spacial score (nSPS) is 17.2. The quantitative estimate of drug-likeness (QED) is 0.348. The number of hydrogen-bond acceptors (Lipinski definition) is 4. The van der Waals surface area contributed by atoms with Crippen LogP contribution in [0.3, 0.4) is 0 Å². The molecule has 1 aliphatic heterocycles. The van der Waals surface area contributed by atoms with Gasteiger partial charge in [-0.15, -0.1) is 0 Å². The van der Waals surface area contributed by atoms with Crippen molar-refractivity contribution >= 4 is 51.7 Å². The van der Waals surface area contributed by atoms with Gasteiger partial charge in [0.15, 0.2) is 5.17 Å². The van der Waals surface area contributed by atoms with Gasteiger partial charge in [0.25, 0.3) is 0 Å². The molecule has 0 spiro atoms. The summed E-state index contributed by atoms with van der Waals surface area (Å²) < 4.78 is 53.7. The number of amides is 2. The number of halogens is 5. The first-order valence-corrected chi connectivity index (χ1v) is 12.4. The lowest BCUT2D eigenvalue weighted by atomic mass is 10.1. The maximum absolute atomic E-state index is 14.0. The van der Waals surface area contributed by atoms with E-state index in [2.05, 4.69) is 10.3 Å². The summed E-state index contributed by atoms with van der Waals surface area (Å²) >= 11 is 6.87. The maximum Gasteiger partial charge on any atom is 0.416 e. The Labute approximate surface area is 219 Å². The third kappa shape index (κ3) is 6.90. The fourth-order valence-corrected chi connectivity index (χ4v) is 4.84. The van der Waals surface area contributed by atoms with Crippen LogP contribution in [0.1, 0.15) is 17.5 Å². The van der Waals surface area contributed by atoms with E-state index in [-0.39, 0.29) is 29.5 Å². The predicted molar refractivity (Wildman–Crippen MR) is 136 cm³/mol. The molecule has 0 aromatic heterocycles. The van der Waals surface area contributed by atoms with E-state index in [1.54, 1.807) is 30.3 Å². The lowest BCUT2D eigenvalue weighted by Crippen LogP contribution is -2.46. The number of nitrogens with zero attached hydrogens (tertiary/aromatic N) is 2. The van der Waals surface area contributed by atoms with Gasteiger partial charge in [-0.2, -0.15) is 13.2 Å². The van der Waals surface area contributed by atoms with Gasteiger partial charge in [0.05, 0.1) is 16.9 Å². The molecule has 4 rings (SSSR count). The molecule has 1 unspecified atom stereocenters. The number of rotatable bonds is 6. The number of carbonyl (C=O) groups is 2. The molecule has 2 amide bonds. The summed E-state index contributed by atoms with van der Waals surface area (Å²) in [5, 5.41) is 2.16. The van der Waals surface area contributed by atoms with Crippen LogP contribution in [0, 0.1) is 5.82 Å². The number of aliphatic imine (C=N–C) groups is 1. The third-order valence-corrected chi connectivity index (χ3v) is 6.94. The molecule has 11 heteroatoms. The van der Waals surface area contributed by atoms with Crippen LogP contribution in [0.4, 0.5) is 28.9 Å². The highest BCUT2D eigenvalue weighted by molar-refractivity contribution is 8.15. The molecule has 0 aliphatic carbocycles. The number of para-hydroxylation sites is 1. The van der Waals surface area contributed by atoms with E-state index in [9.17, 15) is 27.2 Å². The number of amidine groups is 1. The van der Waals surface area contributed by atoms with Crippen LogP contribution in [0.2, 0.25) is 5.02 Å². The van der Waals surface area contributed by atoms with Crippen LogP contribution in [0.5, 0.6) is 0 Å². The minimum atomic E-state index is -4.57. The molecule has 37 heavy (non-hydrogen) atoms. The van der Waals surface area contributed by atoms with Crippen molar-refractivity contribution in [3.05, 3.63) is 94.8 Å². The van der Waals surface area contributed by atoms with Gasteiger partial charge in [0.1, 0.15) is 11.1 Å². The molecule has 0 bridgehead atoms. The van der Waals surface area contributed by atoms with E-state index >= 15 is 0 Å². The van der Waals surface area contributed by atoms with Gasteiger partial charge in [-0.25, -0.2) is 9.38 Å². The summed E-state index contributed by atoms with van der Waals surface area (Å²) in [6.45, 7) is 0.187. The van der Waals surface area contributed by atoms with Gasteiger partial charge in [-0.1, -0.05) is 53.7 Å². The summed E-state index contributed by atoms with van der Waals surface area (Å²) in [5.74, 6) is -1.67. The van der Waals surface area contributed by atoms with E-state index in [1.165, 1.54) is 35.2 Å². The second kappa shape index (κ2) is 11.4. The van der Waals surface area contributed by atoms with Gasteiger partial charge >= 0.3 is 6.18 Å². The van der Waals surface area contributed by atoms with Crippen LogP contribution in [-0.4, -0.2) is 33.7 Å². The largest absolute Gasteiger partial charge is 0.416 e. The molecule has 192 valence electrons. The van der Waals surface area contributed by atoms with Gasteiger partial charge in [0, 0.05) is 18.0 Å². The summed E-state index contributed by atoms with van der Waals surface area (Å²) in [7, 11) is 0. The van der Waals surface area contributed by atoms with Crippen molar-refractivity contribution in [2.75, 3.05) is 11.9 Å². The van der Waals surface area contributed by atoms with Gasteiger partial charge in [-0.05, 0) is 54.4 Å². The predicted octanol–water partition coefficient (Wildman–Crippen LogP) is 6.70. The van der Waals surface area contributed by atoms with E-state index in [0.717, 1.165) is 29.5 Å². The highest BCUT2D eigenvalue weighted by Crippen LogP contribution is 2.34. The number of anilines is 1. The topological polar surface area (TPSA) is 61.8 Å². The summed E-state index contributed by atoms with van der Waals surface area (Å²) in [5.41, 5.74) is -0.0538. The lowest BCUT2D eigenvalue weighted by molar-refractivity contribution is -0.137. The minimum absolute atomic E-state index is 0.0169. The highest BCUT2D eigenvalue weighted by atomic mass is 35.5. The molecule has 1 atom stereocenters. The Bertz CT molecular complexity index is 1330. The number of nitrogens with one attached hydrogen (secondary N) is 1. The van der Waals surface area contributed by atoms with Crippen molar-refractivity contribution in [2.24, 2.45) is 4.99 Å². The molecule has 1 heterocycles. The highest BCUT2D eigenvalue weighted by Gasteiger charge is 2.36. The SMILES string of the molecule is O=C(Nc1ccccc1F)C1CC(=O)N(CCc2ccc(Cl)cc2)C(=Nc2cccc(C(F)(F)F)c2)S1. The van der Waals surface area contributed by atoms with Crippen molar-refractivity contribution in [3.63, 3.8) is 0 Å². The van der Waals surface area contributed by atoms with Crippen LogP contribution in [0.25, 0.3) is 0 Å². The van der Waals surface area contributed by atoms with Crippen molar-refractivity contribution in [2.45, 2.75) is 24.3 Å². The van der Waals surface area contributed by atoms with Gasteiger partial charge < -0.3 is 5.32 Å². The van der Waals surface area contributed by atoms with E-state index in [4.69, 9.17) is 11.6 Å². The van der Waals surface area contributed by atoms with Crippen molar-refractivity contribution in [1.82, 2.24) is 4.90 Å². The smallest absolute Gasteiger partial charge is 0.323 e. The molecule has 1 fully saturated rings. The zero-order chi connectivity index (χ0) is 26.6. The van der Waals surface area contributed by atoms with E-state index in [0.29, 0.717) is 11.4 Å². The molecule has 0 saturated carbocycles. The molecule has 1 N–H and O–H groups in total. The summed E-state index contributed by atoms with van der Waals surface area (Å²) in [4.78, 5) is 31.7. The Morgan fingerprint density at radius 1 is 1.08 bits per heavy atom. The number of hydrogen-bond donors (Lipinski definition) is 1. The fraction of sp³-hybridized carbons (Fsp3) is 0.192. The number of alkyl halides is 3. The molecule has 1 saturated heterocycles. The molecule has 1 aliphatic rings. The van der Waals surface area contributed by atoms with Gasteiger partial charge in [-0.3, -0.25) is 14.5 Å². The summed E-state index contributed by atoms with van der Waals surface area (Å²) in [6.07, 6.45) is -4.33. The molecule has 3 aromatic rings. The second-order valence-electron chi connectivity index (χ2n) is 8.14. The number of carbonyl (C=O) groups excluding carboxylic acids is 2. The standard InChI is InChI=1S/C26H20ClF4N3O2S/c27-18-10-8-16(9-11-18)12-13-34-23(35)15-22(24(36)33-21-7-2-1-6-20(21)28)37-25(34)32-19-5-3-4-17(14-19)26(29,30)31/h1-11,14,22H,12-13,15H2,(H,33,36). The van der Waals surface area contributed by atoms with Gasteiger partial charge in [0.2, 0.25) is 11.8 Å². The first-order chi connectivity index (χ1) is 17.6. The molecule has 3 aromatic carbocycles. The van der Waals surface area contributed by atoms with Crippen LogP contribution in [0.15, 0.2) is 77.8 Å². The second-order valence-corrected chi connectivity index (χ2v) is 9.75. The Balaban J connectivity index is 1.61. The first-order valence-electron chi connectivity index (χ1n) is 11.1. The van der Waals surface area contributed by atoms with Crippen molar-refractivity contribution < 1.29 is 27.2 Å². The first kappa shape index (κ1) is 26.7. The Morgan fingerprint density at radius 2 is 1.81 bits per heavy atom. The monoisotopic (exact) mass is 549 g/mol. The number of thioether (sulfide) groups is 1. The average molecular weight is 550 g/mol. The molecule has 5 nitrogen and oxygen atoms in total. The molecular weight excluding hydrogens is 530 g/mol. The minimum Gasteiger partial charge on any atom is -0.323 e. The van der Waals surface area contributed by atoms with Crippen LogP contribution >= 0.6 is 23.4 Å².